The van der Waals surface area contributed by atoms with Crippen molar-refractivity contribution < 1.29 is 21.9 Å². The van der Waals surface area contributed by atoms with E-state index < -0.39 is 20.2 Å². The zero-order chi connectivity index (χ0) is 23.1. The van der Waals surface area contributed by atoms with E-state index in [2.05, 4.69) is 9.62 Å². The number of rotatable bonds is 7. The Labute approximate surface area is 191 Å². The summed E-state index contributed by atoms with van der Waals surface area (Å²) in [6.45, 7) is 2.45. The van der Waals surface area contributed by atoms with Crippen molar-refractivity contribution in [1.82, 2.24) is 18.2 Å². The lowest BCUT2D eigenvalue weighted by Gasteiger charge is -2.51. The molecule has 1 aromatic rings. The Bertz CT molecular complexity index is 1040. The fraction of sp³-hybridized carbons (Fsp3) is 0.714. The first-order valence-corrected chi connectivity index (χ1v) is 14.4. The van der Waals surface area contributed by atoms with Gasteiger partial charge in [-0.1, -0.05) is 6.07 Å². The number of piperidine rings is 2. The number of aromatic hydroxyl groups is 1. The number of hydrogen-bond donors (Lipinski definition) is 2. The van der Waals surface area contributed by atoms with Crippen LogP contribution in [0.5, 0.6) is 5.75 Å². The highest BCUT2D eigenvalue weighted by atomic mass is 32.2. The number of phenols is 1. The fourth-order valence-corrected chi connectivity index (χ4v) is 7.93. The molecule has 3 heterocycles. The molecule has 0 aromatic heterocycles. The lowest BCUT2D eigenvalue weighted by molar-refractivity contribution is 0.0219. The van der Waals surface area contributed by atoms with Gasteiger partial charge in [0.1, 0.15) is 5.75 Å². The lowest BCUT2D eigenvalue weighted by atomic mass is 9.77. The summed E-state index contributed by atoms with van der Waals surface area (Å²) in [5.41, 5.74) is 2.36. The molecule has 32 heavy (non-hydrogen) atoms. The van der Waals surface area contributed by atoms with Gasteiger partial charge in [-0.15, -0.1) is 0 Å². The number of sulfonamides is 1. The summed E-state index contributed by atoms with van der Waals surface area (Å²) in [5.74, 6) is 0.531. The number of hydrogen-bond acceptors (Lipinski definition) is 6. The lowest BCUT2D eigenvalue weighted by Crippen LogP contribution is -2.57. The second-order valence-electron chi connectivity index (χ2n) is 9.31. The van der Waals surface area contributed by atoms with E-state index in [4.69, 9.17) is 0 Å². The number of nitrogens with zero attached hydrogens (tertiary/aromatic N) is 3. The minimum Gasteiger partial charge on any atom is -0.508 e. The summed E-state index contributed by atoms with van der Waals surface area (Å²) in [7, 11) is -4.17. The topological polar surface area (TPSA) is 110 Å². The number of benzene rings is 1. The van der Waals surface area contributed by atoms with Crippen LogP contribution in [0.4, 0.5) is 0 Å². The maximum atomic E-state index is 13.2. The molecule has 0 unspecified atom stereocenters. The summed E-state index contributed by atoms with van der Waals surface area (Å²) in [6, 6.07) is 5.68. The summed E-state index contributed by atoms with van der Waals surface area (Å²) < 4.78 is 55.4. The van der Waals surface area contributed by atoms with Crippen LogP contribution in [-0.4, -0.2) is 87.5 Å². The van der Waals surface area contributed by atoms with Gasteiger partial charge >= 0.3 is 0 Å². The van der Waals surface area contributed by atoms with Gasteiger partial charge < -0.3 is 5.11 Å². The van der Waals surface area contributed by atoms with E-state index >= 15 is 0 Å². The van der Waals surface area contributed by atoms with Crippen LogP contribution in [0.25, 0.3) is 0 Å². The molecule has 0 saturated carbocycles. The fourth-order valence-electron chi connectivity index (χ4n) is 5.45. The highest BCUT2D eigenvalue weighted by Crippen LogP contribution is 2.44. The van der Waals surface area contributed by atoms with Crippen molar-refractivity contribution in [2.75, 3.05) is 46.0 Å². The molecule has 3 atom stereocenters. The molecule has 180 valence electrons. The average molecular weight is 487 g/mol. The maximum absolute atomic E-state index is 13.2. The van der Waals surface area contributed by atoms with Crippen LogP contribution >= 0.6 is 0 Å². The molecule has 1 aromatic carbocycles. The Morgan fingerprint density at radius 3 is 2.72 bits per heavy atom. The van der Waals surface area contributed by atoms with Crippen LogP contribution in [-0.2, 0) is 26.7 Å². The largest absolute Gasteiger partial charge is 0.508 e. The second-order valence-corrected chi connectivity index (χ2v) is 13.3. The van der Waals surface area contributed by atoms with Gasteiger partial charge in [0, 0.05) is 52.4 Å². The highest BCUT2D eigenvalue weighted by Gasteiger charge is 2.45. The first kappa shape index (κ1) is 23.9. The highest BCUT2D eigenvalue weighted by molar-refractivity contribution is 7.89. The van der Waals surface area contributed by atoms with Crippen LogP contribution in [0.1, 0.15) is 42.9 Å². The standard InChI is InChI=1S/C21H34N4O5S2/c1-23(2)32(29,30)22-9-4-12-31(27,28)25-10-3-5-17-15-24-11-8-16-13-18(26)6-7-19(16)21(24)14-20(17)25/h6-7,13,17,20-22,26H,3-5,8-12,14-15H2,1-2H3/t17-,20+,21-/m0/s1. The predicted molar refractivity (Wildman–Crippen MR) is 123 cm³/mol. The van der Waals surface area contributed by atoms with E-state index in [0.29, 0.717) is 12.5 Å². The van der Waals surface area contributed by atoms with Gasteiger partial charge in [-0.2, -0.15) is 17.0 Å². The van der Waals surface area contributed by atoms with Crippen molar-refractivity contribution >= 4 is 20.2 Å². The maximum Gasteiger partial charge on any atom is 0.278 e. The molecule has 9 nitrogen and oxygen atoms in total. The third-order valence-corrected chi connectivity index (χ3v) is 10.6. The molecule has 4 rings (SSSR count). The normalized spacial score (nSPS) is 27.0. The van der Waals surface area contributed by atoms with E-state index in [-0.39, 0.29) is 36.6 Å². The van der Waals surface area contributed by atoms with Crippen molar-refractivity contribution in [3.05, 3.63) is 29.3 Å². The number of nitrogens with one attached hydrogen (secondary N) is 1. The first-order chi connectivity index (χ1) is 15.1. The average Bonchev–Trinajstić information content (AvgIpc) is 2.74. The molecule has 11 heteroatoms. The molecule has 0 aliphatic carbocycles. The van der Waals surface area contributed by atoms with Crippen LogP contribution in [0.15, 0.2) is 18.2 Å². The molecule has 0 radical (unpaired) electrons. The van der Waals surface area contributed by atoms with Crippen molar-refractivity contribution in [2.24, 2.45) is 5.92 Å². The third kappa shape index (κ3) is 4.83. The van der Waals surface area contributed by atoms with Gasteiger partial charge in [-0.05, 0) is 61.3 Å². The smallest absolute Gasteiger partial charge is 0.278 e. The van der Waals surface area contributed by atoms with E-state index in [0.717, 1.165) is 48.6 Å². The molecule has 0 amide bonds. The zero-order valence-electron chi connectivity index (χ0n) is 18.8. The zero-order valence-corrected chi connectivity index (χ0v) is 20.4. The van der Waals surface area contributed by atoms with Crippen molar-refractivity contribution in [2.45, 2.75) is 44.2 Å². The van der Waals surface area contributed by atoms with Gasteiger partial charge in [0.25, 0.3) is 10.2 Å². The van der Waals surface area contributed by atoms with E-state index in [9.17, 15) is 21.9 Å². The summed E-state index contributed by atoms with van der Waals surface area (Å²) in [4.78, 5) is 2.48. The Morgan fingerprint density at radius 2 is 1.97 bits per heavy atom. The minimum absolute atomic E-state index is 0.0341. The molecule has 2 N–H and O–H groups in total. The number of phenolic OH excluding ortho intramolecular Hbond substituents is 1. The SMILES string of the molecule is CN(C)S(=O)(=O)NCCCS(=O)(=O)N1CCC[C@H]2CN3CCc4cc(O)ccc4[C@@H]3C[C@H]21. The van der Waals surface area contributed by atoms with E-state index in [1.54, 1.807) is 10.4 Å². The van der Waals surface area contributed by atoms with E-state index in [1.807, 2.05) is 12.1 Å². The van der Waals surface area contributed by atoms with Gasteiger partial charge in [-0.25, -0.2) is 13.1 Å². The Kier molecular flexibility index (Phi) is 6.86. The quantitative estimate of drug-likeness (QED) is 0.554. The van der Waals surface area contributed by atoms with E-state index in [1.165, 1.54) is 19.7 Å². The van der Waals surface area contributed by atoms with Gasteiger partial charge in [0.05, 0.1) is 5.75 Å². The Morgan fingerprint density at radius 1 is 1.19 bits per heavy atom. The Hall–Kier alpha value is -1.24. The van der Waals surface area contributed by atoms with Crippen LogP contribution in [0.3, 0.4) is 0 Å². The van der Waals surface area contributed by atoms with Gasteiger partial charge in [0.2, 0.25) is 10.0 Å². The second kappa shape index (κ2) is 9.19. The van der Waals surface area contributed by atoms with Crippen molar-refractivity contribution in [1.29, 1.82) is 0 Å². The molecule has 0 spiro atoms. The summed E-state index contributed by atoms with van der Waals surface area (Å²) in [5, 5.41) is 9.86. The van der Waals surface area contributed by atoms with Gasteiger partial charge in [-0.3, -0.25) is 4.90 Å². The molecule has 3 aliphatic heterocycles. The molecule has 0 bridgehead atoms. The summed E-state index contributed by atoms with van der Waals surface area (Å²) in [6.07, 6.45) is 3.79. The van der Waals surface area contributed by atoms with Crippen LogP contribution < -0.4 is 4.72 Å². The van der Waals surface area contributed by atoms with Crippen LogP contribution in [0, 0.1) is 5.92 Å². The minimum atomic E-state index is -3.55. The molecule has 2 fully saturated rings. The molecular formula is C21H34N4O5S2. The third-order valence-electron chi connectivity index (χ3n) is 7.10. The first-order valence-electron chi connectivity index (χ1n) is 11.3. The van der Waals surface area contributed by atoms with Gasteiger partial charge in [0.15, 0.2) is 0 Å². The predicted octanol–water partition coefficient (Wildman–Crippen LogP) is 0.892. The molecular weight excluding hydrogens is 452 g/mol. The number of fused-ring (bicyclic) bond motifs is 4. The van der Waals surface area contributed by atoms with Crippen molar-refractivity contribution in [3.63, 3.8) is 0 Å². The van der Waals surface area contributed by atoms with Crippen LogP contribution in [0.2, 0.25) is 0 Å². The summed E-state index contributed by atoms with van der Waals surface area (Å²) >= 11 is 0. The Balaban J connectivity index is 1.45. The monoisotopic (exact) mass is 486 g/mol. The molecule has 3 aliphatic rings. The van der Waals surface area contributed by atoms with Crippen molar-refractivity contribution in [3.8, 4) is 5.75 Å². The molecule has 2 saturated heterocycles.